The first-order valence-electron chi connectivity index (χ1n) is 7.30. The predicted octanol–water partition coefficient (Wildman–Crippen LogP) is 2.33. The van der Waals surface area contributed by atoms with E-state index in [1.54, 1.807) is 0 Å². The minimum atomic E-state index is 0.559. The Hall–Kier alpha value is -0.300. The molecule has 0 aromatic heterocycles. The third kappa shape index (κ3) is 1.48. The minimum absolute atomic E-state index is 0.559. The summed E-state index contributed by atoms with van der Waals surface area (Å²) in [6, 6.07) is 0. The first-order chi connectivity index (χ1) is 7.74. The molecule has 3 rings (SSSR count). The second kappa shape index (κ2) is 3.87. The van der Waals surface area contributed by atoms with E-state index in [2.05, 4.69) is 13.8 Å². The van der Waals surface area contributed by atoms with Gasteiger partial charge in [-0.2, -0.15) is 0 Å². The summed E-state index contributed by atoms with van der Waals surface area (Å²) >= 11 is 0. The molecule has 1 heteroatoms. The van der Waals surface area contributed by atoms with Gasteiger partial charge in [0.25, 0.3) is 0 Å². The third-order valence-electron chi connectivity index (χ3n) is 5.44. The van der Waals surface area contributed by atoms with E-state index in [0.717, 1.165) is 5.92 Å². The van der Waals surface area contributed by atoms with Crippen LogP contribution in [0.15, 0.2) is 11.1 Å². The molecule has 16 heavy (non-hydrogen) atoms. The van der Waals surface area contributed by atoms with Crippen LogP contribution in [0.25, 0.3) is 0 Å². The van der Waals surface area contributed by atoms with Crippen molar-refractivity contribution in [2.24, 2.45) is 5.92 Å². The lowest BCUT2D eigenvalue weighted by Crippen LogP contribution is -3.18. The second-order valence-corrected chi connectivity index (χ2v) is 6.43. The Morgan fingerprint density at radius 3 is 3.00 bits per heavy atom. The molecule has 0 spiro atoms. The Morgan fingerprint density at radius 2 is 2.19 bits per heavy atom. The zero-order valence-electron chi connectivity index (χ0n) is 10.9. The van der Waals surface area contributed by atoms with Gasteiger partial charge in [-0.1, -0.05) is 18.9 Å². The van der Waals surface area contributed by atoms with Crippen molar-refractivity contribution >= 4 is 0 Å². The predicted molar refractivity (Wildman–Crippen MR) is 67.6 cm³/mol. The van der Waals surface area contributed by atoms with Crippen molar-refractivity contribution in [3.8, 4) is 0 Å². The van der Waals surface area contributed by atoms with E-state index >= 15 is 0 Å². The molecule has 0 aromatic carbocycles. The Labute approximate surface area is 99.9 Å². The molecular formula is C15H26N+. The van der Waals surface area contributed by atoms with Crippen LogP contribution in [0.3, 0.4) is 0 Å². The quantitative estimate of drug-likeness (QED) is 0.681. The topological polar surface area (TPSA) is 4.44 Å². The molecule has 1 aliphatic carbocycles. The zero-order valence-corrected chi connectivity index (χ0v) is 10.9. The standard InChI is InChI=1S/C15H25N/c1-3-5-12-10-15(2)14-7-4-6-13(14)8-9-16(15)11-12/h12H,3-11H2,1-2H3/p+1/t12-,15+/m0/s1. The molecule has 0 bridgehead atoms. The van der Waals surface area contributed by atoms with Gasteiger partial charge in [0.1, 0.15) is 5.54 Å². The first-order valence-corrected chi connectivity index (χ1v) is 7.30. The van der Waals surface area contributed by atoms with E-state index in [1.807, 2.05) is 16.0 Å². The molecule has 0 radical (unpaired) electrons. The molecule has 2 aliphatic heterocycles. The summed E-state index contributed by atoms with van der Waals surface area (Å²) in [4.78, 5) is 1.92. The van der Waals surface area contributed by atoms with Crippen molar-refractivity contribution in [1.82, 2.24) is 0 Å². The van der Waals surface area contributed by atoms with Gasteiger partial charge in [-0.25, -0.2) is 0 Å². The Bertz CT molecular complexity index is 317. The summed E-state index contributed by atoms with van der Waals surface area (Å²) in [6.45, 7) is 7.80. The maximum absolute atomic E-state index is 2.57. The van der Waals surface area contributed by atoms with Gasteiger partial charge >= 0.3 is 0 Å². The van der Waals surface area contributed by atoms with Gasteiger partial charge in [0, 0.05) is 18.8 Å². The maximum atomic E-state index is 2.57. The largest absolute Gasteiger partial charge is 0.326 e. The molecule has 3 atom stereocenters. The van der Waals surface area contributed by atoms with Gasteiger partial charge in [0.2, 0.25) is 0 Å². The summed E-state index contributed by atoms with van der Waals surface area (Å²) in [5.41, 5.74) is 4.32. The van der Waals surface area contributed by atoms with Crippen LogP contribution in [0.5, 0.6) is 0 Å². The molecule has 1 nitrogen and oxygen atoms in total. The average Bonchev–Trinajstić information content (AvgIpc) is 2.81. The second-order valence-electron chi connectivity index (χ2n) is 6.43. The van der Waals surface area contributed by atoms with Crippen LogP contribution in [0.4, 0.5) is 0 Å². The summed E-state index contributed by atoms with van der Waals surface area (Å²) in [5, 5.41) is 0. The van der Waals surface area contributed by atoms with E-state index < -0.39 is 0 Å². The number of nitrogens with one attached hydrogen (secondary N) is 1. The minimum Gasteiger partial charge on any atom is -0.326 e. The van der Waals surface area contributed by atoms with E-state index in [0.29, 0.717) is 5.54 Å². The fraction of sp³-hybridized carbons (Fsp3) is 0.867. The number of quaternary nitrogens is 1. The molecule has 0 saturated carbocycles. The van der Waals surface area contributed by atoms with Crippen LogP contribution < -0.4 is 4.90 Å². The summed E-state index contributed by atoms with van der Waals surface area (Å²) in [6.07, 6.45) is 10.0. The SMILES string of the molecule is CCC[C@@H]1C[NH+]2CCC3=C(CCC3)[C@@]2(C)C1. The van der Waals surface area contributed by atoms with Crippen molar-refractivity contribution < 1.29 is 4.90 Å². The highest BCUT2D eigenvalue weighted by molar-refractivity contribution is 5.30. The highest BCUT2D eigenvalue weighted by Gasteiger charge is 2.51. The molecule has 1 N–H and O–H groups in total. The van der Waals surface area contributed by atoms with Gasteiger partial charge < -0.3 is 4.90 Å². The summed E-state index contributed by atoms with van der Waals surface area (Å²) in [5.74, 6) is 1.01. The lowest BCUT2D eigenvalue weighted by molar-refractivity contribution is -0.934. The van der Waals surface area contributed by atoms with Crippen LogP contribution in [0, 0.1) is 5.92 Å². The summed E-state index contributed by atoms with van der Waals surface area (Å²) < 4.78 is 0. The van der Waals surface area contributed by atoms with Gasteiger partial charge in [0.05, 0.1) is 13.1 Å². The molecular weight excluding hydrogens is 194 g/mol. The average molecular weight is 220 g/mol. The van der Waals surface area contributed by atoms with E-state index in [1.165, 1.54) is 58.0 Å². The number of rotatable bonds is 2. The van der Waals surface area contributed by atoms with Crippen molar-refractivity contribution in [2.75, 3.05) is 13.1 Å². The van der Waals surface area contributed by atoms with Crippen LogP contribution in [0.2, 0.25) is 0 Å². The highest BCUT2D eigenvalue weighted by Crippen LogP contribution is 2.41. The molecule has 0 aromatic rings. The number of hydrogen-bond donors (Lipinski definition) is 1. The molecule has 0 amide bonds. The highest BCUT2D eigenvalue weighted by atomic mass is 15.2. The Kier molecular flexibility index (Phi) is 2.62. The summed E-state index contributed by atoms with van der Waals surface area (Å²) in [7, 11) is 0. The fourth-order valence-corrected chi connectivity index (χ4v) is 4.74. The number of fused-ring (bicyclic) bond motifs is 2. The van der Waals surface area contributed by atoms with E-state index in [9.17, 15) is 0 Å². The van der Waals surface area contributed by atoms with Crippen LogP contribution in [-0.2, 0) is 0 Å². The van der Waals surface area contributed by atoms with Crippen LogP contribution in [0.1, 0.15) is 58.8 Å². The normalized spacial score (nSPS) is 42.4. The smallest absolute Gasteiger partial charge is 0.117 e. The van der Waals surface area contributed by atoms with Gasteiger partial charge in [0.15, 0.2) is 0 Å². The maximum Gasteiger partial charge on any atom is 0.117 e. The molecule has 90 valence electrons. The van der Waals surface area contributed by atoms with Gasteiger partial charge in [-0.05, 0) is 38.2 Å². The van der Waals surface area contributed by atoms with Gasteiger partial charge in [-0.3, -0.25) is 0 Å². The van der Waals surface area contributed by atoms with Crippen LogP contribution in [-0.4, -0.2) is 18.6 Å². The molecule has 1 fully saturated rings. The van der Waals surface area contributed by atoms with Gasteiger partial charge in [-0.15, -0.1) is 0 Å². The van der Waals surface area contributed by atoms with E-state index in [-0.39, 0.29) is 0 Å². The zero-order chi connectivity index (χ0) is 11.2. The van der Waals surface area contributed by atoms with Crippen LogP contribution >= 0.6 is 0 Å². The van der Waals surface area contributed by atoms with Crippen molar-refractivity contribution in [2.45, 2.75) is 64.3 Å². The molecule has 1 saturated heterocycles. The fourth-order valence-electron chi connectivity index (χ4n) is 4.74. The number of hydrogen-bond acceptors (Lipinski definition) is 0. The van der Waals surface area contributed by atoms with Crippen molar-refractivity contribution in [3.05, 3.63) is 11.1 Å². The first kappa shape index (κ1) is 10.8. The molecule has 2 heterocycles. The van der Waals surface area contributed by atoms with Crippen molar-refractivity contribution in [3.63, 3.8) is 0 Å². The lowest BCUT2D eigenvalue weighted by atomic mass is 9.81. The molecule has 1 unspecified atom stereocenters. The van der Waals surface area contributed by atoms with E-state index in [4.69, 9.17) is 0 Å². The van der Waals surface area contributed by atoms with Crippen molar-refractivity contribution in [1.29, 1.82) is 0 Å². The lowest BCUT2D eigenvalue weighted by Gasteiger charge is -2.38. The third-order valence-corrected chi connectivity index (χ3v) is 5.44. The Morgan fingerprint density at radius 1 is 1.31 bits per heavy atom. The molecule has 3 aliphatic rings. The Balaban J connectivity index is 1.85. The monoisotopic (exact) mass is 220 g/mol.